The summed E-state index contributed by atoms with van der Waals surface area (Å²) < 4.78 is 0. The van der Waals surface area contributed by atoms with E-state index in [2.05, 4.69) is 30.8 Å². The van der Waals surface area contributed by atoms with Gasteiger partial charge in [0.2, 0.25) is 0 Å². The summed E-state index contributed by atoms with van der Waals surface area (Å²) in [5, 5.41) is 3.60. The molecular weight excluding hydrogens is 184 g/mol. The number of nitrogens with one attached hydrogen (secondary N) is 1. The van der Waals surface area contributed by atoms with Gasteiger partial charge in [-0.25, -0.2) is 0 Å². The minimum absolute atomic E-state index is 0.789. The number of nitrogens with zero attached hydrogens (tertiary/aromatic N) is 1. The van der Waals surface area contributed by atoms with Crippen molar-refractivity contribution in [3.05, 3.63) is 12.2 Å². The van der Waals surface area contributed by atoms with Crippen LogP contribution in [0, 0.1) is 0 Å². The molecule has 2 nitrogen and oxygen atoms in total. The molecule has 0 aliphatic carbocycles. The van der Waals surface area contributed by atoms with Gasteiger partial charge in [-0.05, 0) is 52.7 Å². The highest BCUT2D eigenvalue weighted by atomic mass is 15.1. The molecule has 1 saturated heterocycles. The molecule has 0 aromatic rings. The van der Waals surface area contributed by atoms with Crippen molar-refractivity contribution in [2.45, 2.75) is 45.1 Å². The van der Waals surface area contributed by atoms with Gasteiger partial charge in [-0.2, -0.15) is 0 Å². The molecule has 15 heavy (non-hydrogen) atoms. The molecule has 1 atom stereocenters. The maximum Gasteiger partial charge on any atom is 0.0184 e. The lowest BCUT2D eigenvalue weighted by molar-refractivity contribution is 0.319. The zero-order chi connectivity index (χ0) is 11.1. The van der Waals surface area contributed by atoms with Crippen molar-refractivity contribution < 1.29 is 0 Å². The highest BCUT2D eigenvalue weighted by molar-refractivity contribution is 4.90. The molecule has 0 aromatic carbocycles. The first kappa shape index (κ1) is 12.7. The van der Waals surface area contributed by atoms with E-state index in [9.17, 15) is 0 Å². The number of likely N-dealkylation sites (N-methyl/N-ethyl adjacent to an activating group) is 1. The van der Waals surface area contributed by atoms with Gasteiger partial charge in [0.25, 0.3) is 0 Å². The van der Waals surface area contributed by atoms with Crippen LogP contribution in [-0.4, -0.2) is 37.6 Å². The van der Waals surface area contributed by atoms with E-state index in [1.165, 1.54) is 50.8 Å². The Kier molecular flexibility index (Phi) is 5.96. The van der Waals surface area contributed by atoms with E-state index in [1.807, 2.05) is 0 Å². The minimum Gasteiger partial charge on any atom is -0.314 e. The van der Waals surface area contributed by atoms with Crippen molar-refractivity contribution in [2.75, 3.05) is 26.7 Å². The predicted octanol–water partition coefficient (Wildman–Crippen LogP) is 2.42. The van der Waals surface area contributed by atoms with E-state index < -0.39 is 0 Å². The van der Waals surface area contributed by atoms with Crippen LogP contribution in [0.3, 0.4) is 0 Å². The lowest BCUT2D eigenvalue weighted by Gasteiger charge is -2.24. The Bertz CT molecular complexity index is 183. The molecule has 0 amide bonds. The molecule has 0 spiro atoms. The van der Waals surface area contributed by atoms with Gasteiger partial charge in [0, 0.05) is 12.6 Å². The van der Waals surface area contributed by atoms with Gasteiger partial charge in [-0.3, -0.25) is 0 Å². The average Bonchev–Trinajstić information content (AvgIpc) is 2.18. The van der Waals surface area contributed by atoms with Crippen LogP contribution in [0.1, 0.15) is 39.0 Å². The maximum absolute atomic E-state index is 3.94. The van der Waals surface area contributed by atoms with Gasteiger partial charge in [0.1, 0.15) is 0 Å². The lowest BCUT2D eigenvalue weighted by Crippen LogP contribution is -2.34. The first-order valence-electron chi connectivity index (χ1n) is 6.25. The summed E-state index contributed by atoms with van der Waals surface area (Å²) in [6, 6.07) is 0.789. The number of hydrogen-bond acceptors (Lipinski definition) is 2. The van der Waals surface area contributed by atoms with E-state index in [0.29, 0.717) is 0 Å². The lowest BCUT2D eigenvalue weighted by atomic mass is 10.0. The van der Waals surface area contributed by atoms with Crippen LogP contribution in [0.15, 0.2) is 12.2 Å². The Morgan fingerprint density at radius 2 is 2.27 bits per heavy atom. The topological polar surface area (TPSA) is 15.3 Å². The van der Waals surface area contributed by atoms with Crippen molar-refractivity contribution in [3.63, 3.8) is 0 Å². The molecule has 1 rings (SSSR count). The Balaban J connectivity index is 2.02. The Morgan fingerprint density at radius 3 is 2.87 bits per heavy atom. The number of hydrogen-bond donors (Lipinski definition) is 1. The van der Waals surface area contributed by atoms with Gasteiger partial charge in [0.05, 0.1) is 0 Å². The van der Waals surface area contributed by atoms with E-state index in [4.69, 9.17) is 0 Å². The van der Waals surface area contributed by atoms with Crippen molar-refractivity contribution in [3.8, 4) is 0 Å². The third kappa shape index (κ3) is 5.95. The second-order valence-corrected chi connectivity index (χ2v) is 4.98. The Morgan fingerprint density at radius 1 is 1.47 bits per heavy atom. The average molecular weight is 210 g/mol. The standard InChI is InChI=1S/C13H26N2/c1-12(2)11-15(3)10-6-8-13-7-4-5-9-14-13/h13-14H,1,4-11H2,2-3H3. The van der Waals surface area contributed by atoms with Gasteiger partial charge in [0.15, 0.2) is 0 Å². The highest BCUT2D eigenvalue weighted by Gasteiger charge is 2.11. The van der Waals surface area contributed by atoms with Gasteiger partial charge < -0.3 is 10.2 Å². The zero-order valence-corrected chi connectivity index (χ0v) is 10.4. The van der Waals surface area contributed by atoms with E-state index in [0.717, 1.165) is 12.6 Å². The third-order valence-electron chi connectivity index (χ3n) is 3.04. The van der Waals surface area contributed by atoms with Crippen molar-refractivity contribution in [1.29, 1.82) is 0 Å². The summed E-state index contributed by atoms with van der Waals surface area (Å²) in [5.41, 5.74) is 1.26. The summed E-state index contributed by atoms with van der Waals surface area (Å²) in [6.45, 7) is 9.50. The molecule has 0 saturated carbocycles. The van der Waals surface area contributed by atoms with Crippen LogP contribution in [0.5, 0.6) is 0 Å². The fourth-order valence-corrected chi connectivity index (χ4v) is 2.32. The summed E-state index contributed by atoms with van der Waals surface area (Å²) in [5.74, 6) is 0. The summed E-state index contributed by atoms with van der Waals surface area (Å²) in [6.07, 6.45) is 6.80. The minimum atomic E-state index is 0.789. The van der Waals surface area contributed by atoms with Crippen LogP contribution < -0.4 is 5.32 Å². The molecule has 0 radical (unpaired) electrons. The monoisotopic (exact) mass is 210 g/mol. The van der Waals surface area contributed by atoms with Crippen LogP contribution >= 0.6 is 0 Å². The van der Waals surface area contributed by atoms with Crippen molar-refractivity contribution >= 4 is 0 Å². The Hall–Kier alpha value is -0.340. The van der Waals surface area contributed by atoms with Crippen molar-refractivity contribution in [1.82, 2.24) is 10.2 Å². The fraction of sp³-hybridized carbons (Fsp3) is 0.846. The molecule has 2 heteroatoms. The summed E-state index contributed by atoms with van der Waals surface area (Å²) in [4.78, 5) is 2.37. The van der Waals surface area contributed by atoms with Gasteiger partial charge >= 0.3 is 0 Å². The highest BCUT2D eigenvalue weighted by Crippen LogP contribution is 2.11. The third-order valence-corrected chi connectivity index (χ3v) is 3.04. The van der Waals surface area contributed by atoms with E-state index in [1.54, 1.807) is 0 Å². The molecule has 1 aliphatic rings. The largest absolute Gasteiger partial charge is 0.314 e. The zero-order valence-electron chi connectivity index (χ0n) is 10.4. The van der Waals surface area contributed by atoms with E-state index >= 15 is 0 Å². The van der Waals surface area contributed by atoms with Crippen molar-refractivity contribution in [2.24, 2.45) is 0 Å². The fourth-order valence-electron chi connectivity index (χ4n) is 2.32. The molecule has 1 N–H and O–H groups in total. The SMILES string of the molecule is C=C(C)CN(C)CCCC1CCCCN1. The number of piperidine rings is 1. The second-order valence-electron chi connectivity index (χ2n) is 4.98. The molecule has 1 aliphatic heterocycles. The van der Waals surface area contributed by atoms with E-state index in [-0.39, 0.29) is 0 Å². The molecule has 1 fully saturated rings. The normalized spacial score (nSPS) is 21.9. The molecule has 0 bridgehead atoms. The molecule has 1 unspecified atom stereocenters. The first-order valence-corrected chi connectivity index (χ1v) is 6.25. The first-order chi connectivity index (χ1) is 7.18. The van der Waals surface area contributed by atoms with Crippen LogP contribution in [0.4, 0.5) is 0 Å². The Labute approximate surface area is 94.7 Å². The molecular formula is C13H26N2. The van der Waals surface area contributed by atoms with Crippen LogP contribution in [0.25, 0.3) is 0 Å². The summed E-state index contributed by atoms with van der Waals surface area (Å²) >= 11 is 0. The quantitative estimate of drug-likeness (QED) is 0.677. The van der Waals surface area contributed by atoms with Crippen LogP contribution in [0.2, 0.25) is 0 Å². The number of rotatable bonds is 6. The second kappa shape index (κ2) is 7.02. The predicted molar refractivity (Wildman–Crippen MR) is 67.2 cm³/mol. The summed E-state index contributed by atoms with van der Waals surface area (Å²) in [7, 11) is 2.18. The molecule has 1 heterocycles. The van der Waals surface area contributed by atoms with Crippen LogP contribution in [-0.2, 0) is 0 Å². The molecule has 88 valence electrons. The van der Waals surface area contributed by atoms with Gasteiger partial charge in [-0.15, -0.1) is 0 Å². The maximum atomic E-state index is 3.94. The molecule has 0 aromatic heterocycles. The van der Waals surface area contributed by atoms with Gasteiger partial charge in [-0.1, -0.05) is 18.6 Å². The smallest absolute Gasteiger partial charge is 0.0184 e.